The highest BCUT2D eigenvalue weighted by molar-refractivity contribution is 5.84. The standard InChI is InChI=1S/C15H32N4O2/c1-6-21-10-8-7-9-16-15(17-11-13(2)3)18-12-14(20)19(4)5/h13H,6-12H2,1-5H3,(H2,16,17,18). The van der Waals surface area contributed by atoms with Crippen LogP contribution in [0.3, 0.4) is 0 Å². The number of carbonyl (C=O) groups is 1. The number of hydrogen-bond acceptors (Lipinski definition) is 3. The predicted octanol–water partition coefficient (Wildman–Crippen LogP) is 1.08. The molecule has 0 aromatic heterocycles. The Kier molecular flexibility index (Phi) is 11.7. The van der Waals surface area contributed by atoms with Gasteiger partial charge in [-0.1, -0.05) is 13.8 Å². The van der Waals surface area contributed by atoms with Gasteiger partial charge in [0, 0.05) is 40.4 Å². The molecular weight excluding hydrogens is 268 g/mol. The van der Waals surface area contributed by atoms with Gasteiger partial charge in [-0.25, -0.2) is 4.99 Å². The molecule has 0 saturated heterocycles. The van der Waals surface area contributed by atoms with Crippen molar-refractivity contribution >= 4 is 11.9 Å². The fourth-order valence-corrected chi connectivity index (χ4v) is 1.44. The smallest absolute Gasteiger partial charge is 0.243 e. The first-order chi connectivity index (χ1) is 9.97. The highest BCUT2D eigenvalue weighted by atomic mass is 16.5. The summed E-state index contributed by atoms with van der Waals surface area (Å²) in [7, 11) is 3.47. The lowest BCUT2D eigenvalue weighted by Crippen LogP contribution is -2.40. The number of unbranched alkanes of at least 4 members (excludes halogenated alkanes) is 1. The summed E-state index contributed by atoms with van der Waals surface area (Å²) in [5, 5.41) is 6.51. The van der Waals surface area contributed by atoms with Crippen LogP contribution in [0.5, 0.6) is 0 Å². The predicted molar refractivity (Wildman–Crippen MR) is 87.6 cm³/mol. The minimum atomic E-state index is -0.00278. The summed E-state index contributed by atoms with van der Waals surface area (Å²) >= 11 is 0. The van der Waals surface area contributed by atoms with E-state index in [1.807, 2.05) is 6.92 Å². The van der Waals surface area contributed by atoms with Gasteiger partial charge in [0.15, 0.2) is 5.96 Å². The number of likely N-dealkylation sites (N-methyl/N-ethyl adjacent to an activating group) is 1. The lowest BCUT2D eigenvalue weighted by Gasteiger charge is -2.15. The third-order valence-electron chi connectivity index (χ3n) is 2.76. The number of hydrogen-bond donors (Lipinski definition) is 2. The van der Waals surface area contributed by atoms with E-state index in [-0.39, 0.29) is 12.5 Å². The van der Waals surface area contributed by atoms with Crippen LogP contribution in [0.2, 0.25) is 0 Å². The summed E-state index contributed by atoms with van der Waals surface area (Å²) in [5.74, 6) is 1.23. The van der Waals surface area contributed by atoms with E-state index in [9.17, 15) is 4.79 Å². The first-order valence-electron chi connectivity index (χ1n) is 7.77. The van der Waals surface area contributed by atoms with E-state index in [0.29, 0.717) is 11.9 Å². The van der Waals surface area contributed by atoms with Gasteiger partial charge in [0.25, 0.3) is 0 Å². The minimum Gasteiger partial charge on any atom is -0.382 e. The van der Waals surface area contributed by atoms with Crippen LogP contribution in [0.4, 0.5) is 0 Å². The fraction of sp³-hybridized carbons (Fsp3) is 0.867. The van der Waals surface area contributed by atoms with Gasteiger partial charge in [-0.2, -0.15) is 0 Å². The molecule has 0 saturated carbocycles. The summed E-state index contributed by atoms with van der Waals surface area (Å²) < 4.78 is 5.30. The summed E-state index contributed by atoms with van der Waals surface area (Å²) in [4.78, 5) is 17.5. The first kappa shape index (κ1) is 19.7. The Labute approximate surface area is 129 Å². The number of guanidine groups is 1. The quantitative estimate of drug-likeness (QED) is 0.360. The number of aliphatic imine (C=N–C) groups is 1. The average Bonchev–Trinajstić information content (AvgIpc) is 2.43. The lowest BCUT2D eigenvalue weighted by molar-refractivity contribution is -0.127. The Morgan fingerprint density at radius 3 is 2.52 bits per heavy atom. The topological polar surface area (TPSA) is 66.0 Å². The maximum Gasteiger partial charge on any atom is 0.243 e. The molecule has 0 spiro atoms. The van der Waals surface area contributed by atoms with E-state index in [4.69, 9.17) is 4.74 Å². The second-order valence-corrected chi connectivity index (χ2v) is 5.56. The van der Waals surface area contributed by atoms with Gasteiger partial charge in [-0.05, 0) is 25.7 Å². The van der Waals surface area contributed by atoms with Gasteiger partial charge in [-0.15, -0.1) is 0 Å². The SMILES string of the molecule is CCOCCCCNC(=NCC(=O)N(C)C)NCC(C)C. The van der Waals surface area contributed by atoms with Crippen molar-refractivity contribution in [1.29, 1.82) is 0 Å². The lowest BCUT2D eigenvalue weighted by atomic mass is 10.2. The van der Waals surface area contributed by atoms with E-state index in [1.54, 1.807) is 19.0 Å². The van der Waals surface area contributed by atoms with E-state index in [1.165, 1.54) is 0 Å². The Balaban J connectivity index is 4.13. The van der Waals surface area contributed by atoms with Gasteiger partial charge < -0.3 is 20.3 Å². The van der Waals surface area contributed by atoms with Crippen LogP contribution < -0.4 is 10.6 Å². The van der Waals surface area contributed by atoms with Gasteiger partial charge in [0.1, 0.15) is 6.54 Å². The van der Waals surface area contributed by atoms with Crippen LogP contribution in [0.1, 0.15) is 33.6 Å². The molecule has 0 heterocycles. The Morgan fingerprint density at radius 1 is 1.24 bits per heavy atom. The van der Waals surface area contributed by atoms with Crippen LogP contribution in [0.25, 0.3) is 0 Å². The maximum atomic E-state index is 11.6. The molecular formula is C15H32N4O2. The molecule has 6 nitrogen and oxygen atoms in total. The summed E-state index contributed by atoms with van der Waals surface area (Å²) in [6.45, 7) is 9.66. The summed E-state index contributed by atoms with van der Waals surface area (Å²) in [5.41, 5.74) is 0. The van der Waals surface area contributed by atoms with Gasteiger partial charge in [-0.3, -0.25) is 4.79 Å². The van der Waals surface area contributed by atoms with Crippen molar-refractivity contribution in [2.24, 2.45) is 10.9 Å². The second-order valence-electron chi connectivity index (χ2n) is 5.56. The molecule has 0 fully saturated rings. The van der Waals surface area contributed by atoms with Gasteiger partial charge in [0.05, 0.1) is 0 Å². The monoisotopic (exact) mass is 300 g/mol. The minimum absolute atomic E-state index is 0.00278. The fourth-order valence-electron chi connectivity index (χ4n) is 1.44. The largest absolute Gasteiger partial charge is 0.382 e. The van der Waals surface area contributed by atoms with Crippen molar-refractivity contribution in [3.63, 3.8) is 0 Å². The molecule has 0 aromatic carbocycles. The van der Waals surface area contributed by atoms with Crippen LogP contribution in [-0.2, 0) is 9.53 Å². The normalized spacial score (nSPS) is 11.6. The Morgan fingerprint density at radius 2 is 1.95 bits per heavy atom. The highest BCUT2D eigenvalue weighted by Crippen LogP contribution is 1.90. The highest BCUT2D eigenvalue weighted by Gasteiger charge is 2.04. The molecule has 0 aliphatic rings. The average molecular weight is 300 g/mol. The van der Waals surface area contributed by atoms with Crippen molar-refractivity contribution < 1.29 is 9.53 Å². The molecule has 0 rings (SSSR count). The molecule has 0 aliphatic carbocycles. The molecule has 0 aliphatic heterocycles. The van der Waals surface area contributed by atoms with Gasteiger partial charge in [0.2, 0.25) is 5.91 Å². The maximum absolute atomic E-state index is 11.6. The van der Waals surface area contributed by atoms with Crippen molar-refractivity contribution in [1.82, 2.24) is 15.5 Å². The molecule has 2 N–H and O–H groups in total. The van der Waals surface area contributed by atoms with Crippen LogP contribution >= 0.6 is 0 Å². The Bertz CT molecular complexity index is 304. The molecule has 1 amide bonds. The summed E-state index contributed by atoms with van der Waals surface area (Å²) in [6.07, 6.45) is 2.04. The zero-order chi connectivity index (χ0) is 16.1. The molecule has 124 valence electrons. The third kappa shape index (κ3) is 12.2. The van der Waals surface area contributed by atoms with E-state index in [2.05, 4.69) is 29.5 Å². The van der Waals surface area contributed by atoms with Crippen molar-refractivity contribution in [3.05, 3.63) is 0 Å². The van der Waals surface area contributed by atoms with E-state index >= 15 is 0 Å². The van der Waals surface area contributed by atoms with Crippen molar-refractivity contribution in [2.45, 2.75) is 33.6 Å². The zero-order valence-corrected chi connectivity index (χ0v) is 14.2. The number of amides is 1. The van der Waals surface area contributed by atoms with Gasteiger partial charge >= 0.3 is 0 Å². The molecule has 21 heavy (non-hydrogen) atoms. The van der Waals surface area contributed by atoms with Crippen LogP contribution in [0, 0.1) is 5.92 Å². The number of rotatable bonds is 10. The first-order valence-corrected chi connectivity index (χ1v) is 7.77. The summed E-state index contributed by atoms with van der Waals surface area (Å²) in [6, 6.07) is 0. The molecule has 0 radical (unpaired) electrons. The van der Waals surface area contributed by atoms with Crippen molar-refractivity contribution in [2.75, 3.05) is 46.9 Å². The van der Waals surface area contributed by atoms with E-state index < -0.39 is 0 Å². The number of nitrogens with one attached hydrogen (secondary N) is 2. The molecule has 0 atom stereocenters. The van der Waals surface area contributed by atoms with E-state index in [0.717, 1.165) is 39.1 Å². The number of nitrogens with zero attached hydrogens (tertiary/aromatic N) is 2. The molecule has 0 aromatic rings. The van der Waals surface area contributed by atoms with Crippen LogP contribution in [-0.4, -0.2) is 63.7 Å². The number of carbonyl (C=O) groups excluding carboxylic acids is 1. The second kappa shape index (κ2) is 12.4. The number of ether oxygens (including phenoxy) is 1. The molecule has 6 heteroatoms. The third-order valence-corrected chi connectivity index (χ3v) is 2.76. The van der Waals surface area contributed by atoms with Crippen molar-refractivity contribution in [3.8, 4) is 0 Å². The van der Waals surface area contributed by atoms with Crippen LogP contribution in [0.15, 0.2) is 4.99 Å². The molecule has 0 unspecified atom stereocenters. The zero-order valence-electron chi connectivity index (χ0n) is 14.2. The Hall–Kier alpha value is -1.30. The molecule has 0 bridgehead atoms.